The summed E-state index contributed by atoms with van der Waals surface area (Å²) in [4.78, 5) is 30.5. The van der Waals surface area contributed by atoms with E-state index in [1.807, 2.05) is 30.3 Å². The molecule has 2 aromatic heterocycles. The van der Waals surface area contributed by atoms with Crippen LogP contribution >= 0.6 is 0 Å². The number of H-pyrrole nitrogens is 1. The fourth-order valence-electron chi connectivity index (χ4n) is 2.69. The molecular weight excluding hydrogens is 332 g/mol. The molecule has 0 aliphatic carbocycles. The normalized spacial score (nSPS) is 10.8. The standard InChI is InChI=1S/C19H22N4O3/c1-13(24)20-10-4-2-3-7-18(25)21-14-8-9-15-16(12-14)23-19(22-15)17-6-5-11-26-17/h5-6,8-9,11-12H,2-4,7,10H2,1H3,(H,20,24)(H,21,25)(H,22,23). The van der Waals surface area contributed by atoms with Gasteiger partial charge in [0.2, 0.25) is 11.8 Å². The quantitative estimate of drug-likeness (QED) is 0.539. The van der Waals surface area contributed by atoms with E-state index in [-0.39, 0.29) is 11.8 Å². The summed E-state index contributed by atoms with van der Waals surface area (Å²) >= 11 is 0. The molecule has 7 nitrogen and oxygen atoms in total. The van der Waals surface area contributed by atoms with Gasteiger partial charge in [0.25, 0.3) is 0 Å². The number of hydrogen-bond acceptors (Lipinski definition) is 4. The van der Waals surface area contributed by atoms with E-state index in [4.69, 9.17) is 4.42 Å². The van der Waals surface area contributed by atoms with Crippen molar-refractivity contribution in [2.75, 3.05) is 11.9 Å². The van der Waals surface area contributed by atoms with Crippen LogP contribution < -0.4 is 10.6 Å². The first kappa shape index (κ1) is 17.7. The van der Waals surface area contributed by atoms with E-state index in [2.05, 4.69) is 20.6 Å². The third-order valence-corrected chi connectivity index (χ3v) is 3.97. The predicted octanol–water partition coefficient (Wildman–Crippen LogP) is 3.46. The van der Waals surface area contributed by atoms with E-state index < -0.39 is 0 Å². The molecule has 2 heterocycles. The second-order valence-electron chi connectivity index (χ2n) is 6.14. The van der Waals surface area contributed by atoms with Gasteiger partial charge in [-0.05, 0) is 43.2 Å². The van der Waals surface area contributed by atoms with E-state index in [9.17, 15) is 9.59 Å². The molecule has 3 aromatic rings. The molecule has 3 rings (SSSR count). The van der Waals surface area contributed by atoms with Crippen LogP contribution in [-0.2, 0) is 9.59 Å². The number of fused-ring (bicyclic) bond motifs is 1. The van der Waals surface area contributed by atoms with Crippen LogP contribution in [0.3, 0.4) is 0 Å². The van der Waals surface area contributed by atoms with Crippen molar-refractivity contribution in [1.82, 2.24) is 15.3 Å². The van der Waals surface area contributed by atoms with Gasteiger partial charge in [-0.3, -0.25) is 9.59 Å². The lowest BCUT2D eigenvalue weighted by Crippen LogP contribution is -2.20. The first-order chi connectivity index (χ1) is 12.6. The van der Waals surface area contributed by atoms with Crippen molar-refractivity contribution in [1.29, 1.82) is 0 Å². The van der Waals surface area contributed by atoms with Crippen LogP contribution in [0.2, 0.25) is 0 Å². The molecule has 7 heteroatoms. The molecule has 0 spiro atoms. The first-order valence-corrected chi connectivity index (χ1v) is 8.70. The maximum Gasteiger partial charge on any atom is 0.224 e. The summed E-state index contributed by atoms with van der Waals surface area (Å²) < 4.78 is 5.34. The van der Waals surface area contributed by atoms with Gasteiger partial charge < -0.3 is 20.0 Å². The molecule has 3 N–H and O–H groups in total. The number of aromatic amines is 1. The number of benzene rings is 1. The van der Waals surface area contributed by atoms with Gasteiger partial charge in [0.05, 0.1) is 17.3 Å². The Bertz CT molecular complexity index is 883. The van der Waals surface area contributed by atoms with Crippen molar-refractivity contribution in [3.63, 3.8) is 0 Å². The molecule has 0 radical (unpaired) electrons. The Balaban J connectivity index is 1.50. The third kappa shape index (κ3) is 4.72. The van der Waals surface area contributed by atoms with Crippen molar-refractivity contribution in [2.24, 2.45) is 0 Å². The lowest BCUT2D eigenvalue weighted by atomic mass is 10.2. The molecule has 2 amide bonds. The van der Waals surface area contributed by atoms with Gasteiger partial charge in [-0.1, -0.05) is 6.42 Å². The highest BCUT2D eigenvalue weighted by Crippen LogP contribution is 2.23. The number of rotatable bonds is 8. The van der Waals surface area contributed by atoms with Gasteiger partial charge in [0.15, 0.2) is 11.6 Å². The van der Waals surface area contributed by atoms with Crippen molar-refractivity contribution >= 4 is 28.5 Å². The molecule has 0 unspecified atom stereocenters. The Hall–Kier alpha value is -3.09. The Kier molecular flexibility index (Phi) is 5.68. The Labute approximate surface area is 151 Å². The Morgan fingerprint density at radius 2 is 2.08 bits per heavy atom. The van der Waals surface area contributed by atoms with E-state index in [0.29, 0.717) is 24.6 Å². The topological polar surface area (TPSA) is 100 Å². The maximum atomic E-state index is 12.1. The summed E-state index contributed by atoms with van der Waals surface area (Å²) in [6, 6.07) is 9.21. The smallest absolute Gasteiger partial charge is 0.224 e. The first-order valence-electron chi connectivity index (χ1n) is 8.70. The number of unbranched alkanes of at least 4 members (excludes halogenated alkanes) is 2. The fourth-order valence-corrected chi connectivity index (χ4v) is 2.69. The van der Waals surface area contributed by atoms with Crippen LogP contribution in [0, 0.1) is 0 Å². The van der Waals surface area contributed by atoms with Crippen LogP contribution in [0.15, 0.2) is 41.0 Å². The SMILES string of the molecule is CC(=O)NCCCCCC(=O)Nc1ccc2nc(-c3ccco3)[nH]c2c1. The molecule has 0 saturated carbocycles. The zero-order chi connectivity index (χ0) is 18.4. The van der Waals surface area contributed by atoms with Gasteiger partial charge in [0.1, 0.15) is 0 Å². The monoisotopic (exact) mass is 354 g/mol. The van der Waals surface area contributed by atoms with Gasteiger partial charge >= 0.3 is 0 Å². The zero-order valence-corrected chi connectivity index (χ0v) is 14.7. The lowest BCUT2D eigenvalue weighted by molar-refractivity contribution is -0.119. The summed E-state index contributed by atoms with van der Waals surface area (Å²) in [5.41, 5.74) is 2.38. The van der Waals surface area contributed by atoms with Gasteiger partial charge in [0, 0.05) is 25.6 Å². The van der Waals surface area contributed by atoms with E-state index >= 15 is 0 Å². The molecule has 1 aromatic carbocycles. The number of carbonyl (C=O) groups is 2. The molecular formula is C19H22N4O3. The van der Waals surface area contributed by atoms with E-state index in [0.717, 1.165) is 36.0 Å². The minimum Gasteiger partial charge on any atom is -0.461 e. The van der Waals surface area contributed by atoms with Crippen molar-refractivity contribution in [3.05, 3.63) is 36.6 Å². The highest BCUT2D eigenvalue weighted by Gasteiger charge is 2.09. The van der Waals surface area contributed by atoms with Crippen molar-refractivity contribution < 1.29 is 14.0 Å². The molecule has 0 fully saturated rings. The maximum absolute atomic E-state index is 12.1. The number of nitrogens with one attached hydrogen (secondary N) is 3. The highest BCUT2D eigenvalue weighted by atomic mass is 16.3. The van der Waals surface area contributed by atoms with Gasteiger partial charge in [-0.2, -0.15) is 0 Å². The van der Waals surface area contributed by atoms with Gasteiger partial charge in [-0.25, -0.2) is 4.98 Å². The predicted molar refractivity (Wildman–Crippen MR) is 99.6 cm³/mol. The number of furan rings is 1. The molecule has 26 heavy (non-hydrogen) atoms. The van der Waals surface area contributed by atoms with E-state index in [1.165, 1.54) is 6.92 Å². The van der Waals surface area contributed by atoms with Crippen molar-refractivity contribution in [2.45, 2.75) is 32.6 Å². The van der Waals surface area contributed by atoms with Crippen LogP contribution in [0.4, 0.5) is 5.69 Å². The van der Waals surface area contributed by atoms with Gasteiger partial charge in [-0.15, -0.1) is 0 Å². The summed E-state index contributed by atoms with van der Waals surface area (Å²) in [6.07, 6.45) is 4.63. The summed E-state index contributed by atoms with van der Waals surface area (Å²) in [7, 11) is 0. The van der Waals surface area contributed by atoms with Crippen LogP contribution in [0.5, 0.6) is 0 Å². The second kappa shape index (κ2) is 8.33. The molecule has 0 saturated heterocycles. The number of aromatic nitrogens is 2. The van der Waals surface area contributed by atoms with Crippen LogP contribution in [0.1, 0.15) is 32.6 Å². The Morgan fingerprint density at radius 3 is 2.85 bits per heavy atom. The summed E-state index contributed by atoms with van der Waals surface area (Å²) in [6.45, 7) is 2.16. The fraction of sp³-hybridized carbons (Fsp3) is 0.316. The number of imidazole rings is 1. The molecule has 0 bridgehead atoms. The number of anilines is 1. The molecule has 136 valence electrons. The summed E-state index contributed by atoms with van der Waals surface area (Å²) in [5, 5.41) is 5.65. The number of hydrogen-bond donors (Lipinski definition) is 3. The minimum absolute atomic E-state index is 0.0188. The average Bonchev–Trinajstić information content (AvgIpc) is 3.26. The number of nitrogens with zero attached hydrogens (tertiary/aromatic N) is 1. The highest BCUT2D eigenvalue weighted by molar-refractivity contribution is 5.93. The second-order valence-corrected chi connectivity index (χ2v) is 6.14. The molecule has 0 atom stereocenters. The number of carbonyl (C=O) groups excluding carboxylic acids is 2. The average molecular weight is 354 g/mol. The van der Waals surface area contributed by atoms with Crippen molar-refractivity contribution in [3.8, 4) is 11.6 Å². The lowest BCUT2D eigenvalue weighted by Gasteiger charge is -2.05. The number of amides is 2. The van der Waals surface area contributed by atoms with E-state index in [1.54, 1.807) is 6.26 Å². The van der Waals surface area contributed by atoms with Crippen LogP contribution in [-0.4, -0.2) is 28.3 Å². The third-order valence-electron chi connectivity index (χ3n) is 3.97. The molecule has 0 aliphatic rings. The summed E-state index contributed by atoms with van der Waals surface area (Å²) in [5.74, 6) is 1.29. The zero-order valence-electron chi connectivity index (χ0n) is 14.7. The largest absolute Gasteiger partial charge is 0.461 e. The van der Waals surface area contributed by atoms with Crippen LogP contribution in [0.25, 0.3) is 22.6 Å². The minimum atomic E-state index is -0.0212. The molecule has 0 aliphatic heterocycles. The Morgan fingerprint density at radius 1 is 1.19 bits per heavy atom.